The molecule has 0 saturated carbocycles. The molecule has 0 spiro atoms. The third-order valence-corrected chi connectivity index (χ3v) is 5.92. The molecule has 1 fully saturated rings. The molecular weight excluding hydrogens is 414 g/mol. The van der Waals surface area contributed by atoms with Crippen molar-refractivity contribution in [3.63, 3.8) is 0 Å². The van der Waals surface area contributed by atoms with Gasteiger partial charge in [-0.25, -0.2) is 13.8 Å². The molecule has 2 heterocycles. The van der Waals surface area contributed by atoms with E-state index in [2.05, 4.69) is 4.98 Å². The summed E-state index contributed by atoms with van der Waals surface area (Å²) in [5.74, 6) is -1.58. The van der Waals surface area contributed by atoms with E-state index in [1.54, 1.807) is 48.2 Å². The van der Waals surface area contributed by atoms with Crippen LogP contribution in [0.2, 0.25) is 0 Å². The van der Waals surface area contributed by atoms with Crippen LogP contribution in [-0.4, -0.2) is 41.5 Å². The van der Waals surface area contributed by atoms with Crippen LogP contribution < -0.4 is 0 Å². The molecular formula is C25H24F2N2O3. The van der Waals surface area contributed by atoms with Gasteiger partial charge in [0.05, 0.1) is 12.0 Å². The third kappa shape index (κ3) is 4.33. The van der Waals surface area contributed by atoms with E-state index in [-0.39, 0.29) is 42.1 Å². The predicted molar refractivity (Wildman–Crippen MR) is 116 cm³/mol. The lowest BCUT2D eigenvalue weighted by atomic mass is 9.75. The monoisotopic (exact) mass is 438 g/mol. The number of nitrogens with zero attached hydrogens (tertiary/aromatic N) is 2. The summed E-state index contributed by atoms with van der Waals surface area (Å²) < 4.78 is 32.9. The quantitative estimate of drug-likeness (QED) is 0.549. The fourth-order valence-electron chi connectivity index (χ4n) is 4.36. The highest BCUT2D eigenvalue weighted by molar-refractivity contribution is 5.95. The van der Waals surface area contributed by atoms with E-state index < -0.39 is 11.2 Å². The van der Waals surface area contributed by atoms with Gasteiger partial charge in [0.25, 0.3) is 5.91 Å². The van der Waals surface area contributed by atoms with E-state index in [0.29, 0.717) is 31.2 Å². The molecule has 166 valence electrons. The van der Waals surface area contributed by atoms with Crippen LogP contribution in [0.1, 0.15) is 35.8 Å². The van der Waals surface area contributed by atoms with Crippen molar-refractivity contribution in [3.8, 4) is 0 Å². The van der Waals surface area contributed by atoms with Gasteiger partial charge in [-0.3, -0.25) is 9.59 Å². The number of carbonyl (C=O) groups excluding carboxylic acids is 2. The van der Waals surface area contributed by atoms with Gasteiger partial charge in [0.2, 0.25) is 0 Å². The zero-order valence-electron chi connectivity index (χ0n) is 17.8. The van der Waals surface area contributed by atoms with Crippen molar-refractivity contribution in [2.24, 2.45) is 5.41 Å². The Hall–Kier alpha value is -3.35. The minimum Gasteiger partial charge on any atom is -0.466 e. The summed E-state index contributed by atoms with van der Waals surface area (Å²) >= 11 is 0. The first-order valence-corrected chi connectivity index (χ1v) is 10.7. The van der Waals surface area contributed by atoms with Crippen molar-refractivity contribution >= 4 is 22.8 Å². The number of pyridine rings is 1. The zero-order valence-corrected chi connectivity index (χ0v) is 17.8. The van der Waals surface area contributed by atoms with Crippen LogP contribution in [0.3, 0.4) is 0 Å². The number of benzene rings is 2. The summed E-state index contributed by atoms with van der Waals surface area (Å²) in [5.41, 5.74) is 0.117. The topological polar surface area (TPSA) is 59.5 Å². The summed E-state index contributed by atoms with van der Waals surface area (Å²) in [6.07, 6.45) is 1.48. The number of carbonyl (C=O) groups is 2. The first-order chi connectivity index (χ1) is 15.4. The second-order valence-corrected chi connectivity index (χ2v) is 8.14. The lowest BCUT2D eigenvalue weighted by Gasteiger charge is -2.41. The normalized spacial score (nSPS) is 18.5. The Kier molecular flexibility index (Phi) is 6.17. The number of rotatable bonds is 5. The van der Waals surface area contributed by atoms with Crippen molar-refractivity contribution in [2.45, 2.75) is 26.2 Å². The Balaban J connectivity index is 1.63. The van der Waals surface area contributed by atoms with Gasteiger partial charge in [-0.1, -0.05) is 30.3 Å². The number of hydrogen-bond acceptors (Lipinski definition) is 4. The molecule has 0 radical (unpaired) electrons. The molecule has 0 bridgehead atoms. The van der Waals surface area contributed by atoms with Gasteiger partial charge in [-0.05, 0) is 56.0 Å². The fraction of sp³-hybridized carbons (Fsp3) is 0.320. The number of amides is 1. The molecule has 0 unspecified atom stereocenters. The van der Waals surface area contributed by atoms with Gasteiger partial charge in [0, 0.05) is 18.5 Å². The molecule has 1 aromatic heterocycles. The van der Waals surface area contributed by atoms with E-state index in [9.17, 15) is 18.4 Å². The predicted octanol–water partition coefficient (Wildman–Crippen LogP) is 4.54. The summed E-state index contributed by atoms with van der Waals surface area (Å²) in [5, 5.41) is 0.609. The number of aromatic nitrogens is 1. The number of hydrogen-bond donors (Lipinski definition) is 0. The molecule has 3 aromatic rings. The minimum atomic E-state index is -0.941. The van der Waals surface area contributed by atoms with E-state index >= 15 is 0 Å². The maximum atomic E-state index is 14.2. The molecule has 1 atom stereocenters. The molecule has 7 heteroatoms. The van der Waals surface area contributed by atoms with Gasteiger partial charge < -0.3 is 9.64 Å². The van der Waals surface area contributed by atoms with Crippen molar-refractivity contribution in [1.82, 2.24) is 9.88 Å². The highest BCUT2D eigenvalue weighted by Crippen LogP contribution is 2.36. The third-order valence-electron chi connectivity index (χ3n) is 5.92. The van der Waals surface area contributed by atoms with Crippen molar-refractivity contribution < 1.29 is 23.1 Å². The average Bonchev–Trinajstić information content (AvgIpc) is 2.80. The number of piperidine rings is 1. The first kappa shape index (κ1) is 21.9. The number of halogens is 2. The van der Waals surface area contributed by atoms with E-state index in [0.717, 1.165) is 5.56 Å². The number of likely N-dealkylation sites (tertiary alicyclic amines) is 1. The molecule has 0 N–H and O–H groups in total. The van der Waals surface area contributed by atoms with Crippen molar-refractivity contribution in [2.75, 3.05) is 19.7 Å². The second-order valence-electron chi connectivity index (χ2n) is 8.14. The average molecular weight is 438 g/mol. The fourth-order valence-corrected chi connectivity index (χ4v) is 4.36. The van der Waals surface area contributed by atoms with Gasteiger partial charge in [-0.15, -0.1) is 0 Å². The number of fused-ring (bicyclic) bond motifs is 1. The Bertz CT molecular complexity index is 1150. The number of para-hydroxylation sites is 1. The molecule has 2 aromatic carbocycles. The van der Waals surface area contributed by atoms with Gasteiger partial charge in [-0.2, -0.15) is 0 Å². The molecule has 0 aliphatic carbocycles. The Morgan fingerprint density at radius 2 is 1.88 bits per heavy atom. The van der Waals surface area contributed by atoms with Crippen LogP contribution >= 0.6 is 0 Å². The molecule has 5 nitrogen and oxygen atoms in total. The largest absolute Gasteiger partial charge is 0.466 e. The van der Waals surface area contributed by atoms with E-state index in [4.69, 9.17) is 4.74 Å². The Morgan fingerprint density at radius 3 is 2.62 bits per heavy atom. The second kappa shape index (κ2) is 9.02. The molecule has 32 heavy (non-hydrogen) atoms. The van der Waals surface area contributed by atoms with E-state index in [1.165, 1.54) is 18.2 Å². The lowest BCUT2D eigenvalue weighted by molar-refractivity contribution is -0.158. The lowest BCUT2D eigenvalue weighted by Crippen LogP contribution is -2.51. The van der Waals surface area contributed by atoms with Crippen LogP contribution in [0.25, 0.3) is 10.9 Å². The standard InChI is InChI=1S/C25H24F2N2O3/c1-2-32-24(31)25(15-17-7-10-19(26)11-8-17)13-4-14-29(16-25)23(30)21-12-9-18-5-3-6-20(27)22(18)28-21/h3,5-12H,2,4,13-16H2,1H3/t25-/m0/s1. The minimum absolute atomic E-state index is 0.129. The van der Waals surface area contributed by atoms with Crippen molar-refractivity contribution in [3.05, 3.63) is 77.5 Å². The summed E-state index contributed by atoms with van der Waals surface area (Å²) in [6, 6.07) is 13.9. The molecule has 1 aliphatic rings. The number of ether oxygens (including phenoxy) is 1. The smallest absolute Gasteiger partial charge is 0.314 e. The summed E-state index contributed by atoms with van der Waals surface area (Å²) in [6.45, 7) is 2.58. The molecule has 1 saturated heterocycles. The maximum absolute atomic E-state index is 14.2. The highest BCUT2D eigenvalue weighted by atomic mass is 19.1. The van der Waals surface area contributed by atoms with Gasteiger partial charge in [0.15, 0.2) is 0 Å². The summed E-state index contributed by atoms with van der Waals surface area (Å²) in [4.78, 5) is 32.1. The molecule has 1 amide bonds. The molecule has 4 rings (SSSR count). The van der Waals surface area contributed by atoms with Crippen LogP contribution in [0.15, 0.2) is 54.6 Å². The summed E-state index contributed by atoms with van der Waals surface area (Å²) in [7, 11) is 0. The van der Waals surface area contributed by atoms with Crippen molar-refractivity contribution in [1.29, 1.82) is 0 Å². The van der Waals surface area contributed by atoms with Crippen LogP contribution in [0.4, 0.5) is 8.78 Å². The maximum Gasteiger partial charge on any atom is 0.314 e. The van der Waals surface area contributed by atoms with Crippen LogP contribution in [-0.2, 0) is 16.0 Å². The SMILES string of the molecule is CCOC(=O)[C@]1(Cc2ccc(F)cc2)CCCN(C(=O)c2ccc3cccc(F)c3n2)C1. The van der Waals surface area contributed by atoms with E-state index in [1.807, 2.05) is 0 Å². The Labute approximate surface area is 185 Å². The van der Waals surface area contributed by atoms with Crippen LogP contribution in [0.5, 0.6) is 0 Å². The number of esters is 1. The molecule has 1 aliphatic heterocycles. The van der Waals surface area contributed by atoms with Crippen LogP contribution in [0, 0.1) is 17.0 Å². The highest BCUT2D eigenvalue weighted by Gasteiger charge is 2.45. The first-order valence-electron chi connectivity index (χ1n) is 10.7. The Morgan fingerprint density at radius 1 is 1.09 bits per heavy atom. The van der Waals surface area contributed by atoms with Gasteiger partial charge in [0.1, 0.15) is 22.8 Å². The zero-order chi connectivity index (χ0) is 22.7. The van der Waals surface area contributed by atoms with Gasteiger partial charge >= 0.3 is 5.97 Å².